The van der Waals surface area contributed by atoms with Crippen LogP contribution in [0.15, 0.2) is 24.4 Å². The van der Waals surface area contributed by atoms with E-state index in [1.54, 1.807) is 6.07 Å². The summed E-state index contributed by atoms with van der Waals surface area (Å²) < 4.78 is 41.6. The predicted octanol–water partition coefficient (Wildman–Crippen LogP) is 2.73. The summed E-state index contributed by atoms with van der Waals surface area (Å²) in [5, 5.41) is 0. The van der Waals surface area contributed by atoms with Gasteiger partial charge in [0.1, 0.15) is 11.3 Å². The van der Waals surface area contributed by atoms with E-state index in [0.29, 0.717) is 11.6 Å². The molecule has 7 heteroatoms. The number of aryl methyl sites for hydroxylation is 1. The number of hydrogen-bond acceptors (Lipinski definition) is 3. The van der Waals surface area contributed by atoms with Crippen LogP contribution in [0.25, 0.3) is 16.9 Å². The molecular weight excluding hydrogens is 269 g/mol. The van der Waals surface area contributed by atoms with Crippen molar-refractivity contribution in [1.82, 2.24) is 14.5 Å². The van der Waals surface area contributed by atoms with E-state index in [4.69, 9.17) is 5.73 Å². The zero-order valence-corrected chi connectivity index (χ0v) is 10.4. The maximum Gasteiger partial charge on any atom is 0.207 e. The first-order chi connectivity index (χ1) is 9.47. The zero-order chi connectivity index (χ0) is 14.4. The van der Waals surface area contributed by atoms with Crippen molar-refractivity contribution >= 4 is 17.1 Å². The summed E-state index contributed by atoms with van der Waals surface area (Å²) in [5.41, 5.74) is 6.84. The van der Waals surface area contributed by atoms with Gasteiger partial charge in [0.05, 0.1) is 5.69 Å². The average molecular weight is 278 g/mol. The summed E-state index contributed by atoms with van der Waals surface area (Å²) in [6.45, 7) is 1.81. The molecule has 0 aliphatic rings. The Hall–Kier alpha value is -2.57. The summed E-state index contributed by atoms with van der Waals surface area (Å²) in [5.74, 6) is -3.51. The fourth-order valence-electron chi connectivity index (χ4n) is 2.03. The Balaban J connectivity index is 2.38. The number of nitrogens with two attached hydrogens (primary N) is 1. The fourth-order valence-corrected chi connectivity index (χ4v) is 2.03. The van der Waals surface area contributed by atoms with Crippen LogP contribution in [-0.2, 0) is 0 Å². The molecule has 0 fully saturated rings. The third-order valence-corrected chi connectivity index (χ3v) is 2.87. The van der Waals surface area contributed by atoms with Gasteiger partial charge in [-0.25, -0.2) is 23.1 Å². The molecule has 1 aromatic carbocycles. The van der Waals surface area contributed by atoms with Gasteiger partial charge >= 0.3 is 0 Å². The Morgan fingerprint density at radius 2 is 1.90 bits per heavy atom. The van der Waals surface area contributed by atoms with Gasteiger partial charge in [-0.15, -0.1) is 0 Å². The van der Waals surface area contributed by atoms with Crippen molar-refractivity contribution in [3.8, 4) is 5.69 Å². The number of nitrogens with zero attached hydrogens (tertiary/aromatic N) is 3. The minimum absolute atomic E-state index is 0.0954. The molecule has 102 valence electrons. The van der Waals surface area contributed by atoms with Crippen molar-refractivity contribution in [3.05, 3.63) is 47.4 Å². The number of fused-ring (bicyclic) bond motifs is 1. The number of nitrogen functional groups attached to an aromatic ring is 1. The fraction of sp³-hybridized carbons (Fsp3) is 0.0769. The van der Waals surface area contributed by atoms with Gasteiger partial charge in [0.25, 0.3) is 0 Å². The summed E-state index contributed by atoms with van der Waals surface area (Å²) in [4.78, 5) is 8.10. The van der Waals surface area contributed by atoms with Crippen LogP contribution in [0.5, 0.6) is 0 Å². The van der Waals surface area contributed by atoms with Crippen LogP contribution in [0.3, 0.4) is 0 Å². The summed E-state index contributed by atoms with van der Waals surface area (Å²) in [6, 6.07) is 3.01. The minimum atomic E-state index is -1.30. The van der Waals surface area contributed by atoms with Crippen LogP contribution in [0.1, 0.15) is 5.56 Å². The molecule has 0 bridgehead atoms. The molecule has 2 N–H and O–H groups in total. The second-order valence-corrected chi connectivity index (χ2v) is 4.38. The number of rotatable bonds is 1. The molecule has 0 spiro atoms. The number of imidazole rings is 1. The van der Waals surface area contributed by atoms with Gasteiger partial charge in [-0.3, -0.25) is 4.57 Å². The van der Waals surface area contributed by atoms with Crippen molar-refractivity contribution in [2.45, 2.75) is 6.92 Å². The molecule has 4 nitrogen and oxygen atoms in total. The monoisotopic (exact) mass is 278 g/mol. The lowest BCUT2D eigenvalue weighted by atomic mass is 10.2. The first kappa shape index (κ1) is 12.5. The molecule has 0 saturated carbocycles. The highest BCUT2D eigenvalue weighted by Crippen LogP contribution is 2.25. The van der Waals surface area contributed by atoms with Crippen LogP contribution in [0.4, 0.5) is 19.1 Å². The lowest BCUT2D eigenvalue weighted by molar-refractivity contribution is 0.491. The van der Waals surface area contributed by atoms with Crippen LogP contribution >= 0.6 is 0 Å². The highest BCUT2D eigenvalue weighted by atomic mass is 19.2. The summed E-state index contributed by atoms with van der Waals surface area (Å²) in [7, 11) is 0. The van der Waals surface area contributed by atoms with Crippen LogP contribution in [0, 0.1) is 24.4 Å². The quantitative estimate of drug-likeness (QED) is 0.696. The highest BCUT2D eigenvalue weighted by Gasteiger charge is 2.18. The molecule has 0 aliphatic heterocycles. The minimum Gasteiger partial charge on any atom is -0.369 e. The van der Waals surface area contributed by atoms with Gasteiger partial charge in [-0.05, 0) is 18.6 Å². The van der Waals surface area contributed by atoms with Gasteiger partial charge in [0.15, 0.2) is 17.3 Å². The van der Waals surface area contributed by atoms with Gasteiger partial charge < -0.3 is 5.73 Å². The number of benzene rings is 1. The first-order valence-electron chi connectivity index (χ1n) is 5.73. The lowest BCUT2D eigenvalue weighted by Crippen LogP contribution is -2.06. The molecule has 0 aliphatic carbocycles. The second kappa shape index (κ2) is 4.22. The van der Waals surface area contributed by atoms with E-state index in [9.17, 15) is 13.2 Å². The van der Waals surface area contributed by atoms with Crippen molar-refractivity contribution < 1.29 is 13.2 Å². The van der Waals surface area contributed by atoms with Gasteiger partial charge in [-0.2, -0.15) is 0 Å². The van der Waals surface area contributed by atoms with Gasteiger partial charge in [0, 0.05) is 18.3 Å². The van der Waals surface area contributed by atoms with E-state index in [0.717, 1.165) is 16.2 Å². The lowest BCUT2D eigenvalue weighted by Gasteiger charge is -2.08. The molecule has 0 radical (unpaired) electrons. The number of hydrogen-bond donors (Lipinski definition) is 1. The Kier molecular flexibility index (Phi) is 2.63. The highest BCUT2D eigenvalue weighted by molar-refractivity contribution is 5.77. The van der Waals surface area contributed by atoms with Crippen molar-refractivity contribution in [1.29, 1.82) is 0 Å². The molecule has 0 atom stereocenters. The molecule has 3 aromatic rings. The molecule has 3 rings (SSSR count). The van der Waals surface area contributed by atoms with Crippen LogP contribution < -0.4 is 5.73 Å². The van der Waals surface area contributed by atoms with E-state index < -0.39 is 17.5 Å². The van der Waals surface area contributed by atoms with E-state index in [-0.39, 0.29) is 17.3 Å². The van der Waals surface area contributed by atoms with Crippen LogP contribution in [-0.4, -0.2) is 14.5 Å². The van der Waals surface area contributed by atoms with Crippen LogP contribution in [0.2, 0.25) is 0 Å². The van der Waals surface area contributed by atoms with Crippen molar-refractivity contribution in [2.24, 2.45) is 0 Å². The largest absolute Gasteiger partial charge is 0.369 e. The number of aromatic nitrogens is 3. The van der Waals surface area contributed by atoms with Crippen molar-refractivity contribution in [3.63, 3.8) is 0 Å². The standard InChI is InChI=1S/C13H9F3N4/c1-6-2-9-12(18-5-6)20(13(17)19-9)10-4-7(14)3-8(15)11(10)16/h2-5H,1H3,(H2,17,19). The van der Waals surface area contributed by atoms with E-state index >= 15 is 0 Å². The topological polar surface area (TPSA) is 56.7 Å². The third-order valence-electron chi connectivity index (χ3n) is 2.87. The van der Waals surface area contributed by atoms with E-state index in [2.05, 4.69) is 9.97 Å². The SMILES string of the molecule is Cc1cnc2c(c1)nc(N)n2-c1cc(F)cc(F)c1F. The molecular formula is C13H9F3N4. The summed E-state index contributed by atoms with van der Waals surface area (Å²) >= 11 is 0. The Morgan fingerprint density at radius 1 is 1.15 bits per heavy atom. The smallest absolute Gasteiger partial charge is 0.207 e. The average Bonchev–Trinajstić information content (AvgIpc) is 2.69. The molecule has 0 saturated heterocycles. The molecule has 0 amide bonds. The molecule has 2 heterocycles. The van der Waals surface area contributed by atoms with Crippen molar-refractivity contribution in [2.75, 3.05) is 5.73 Å². The Morgan fingerprint density at radius 3 is 2.65 bits per heavy atom. The Bertz CT molecular complexity index is 826. The predicted molar refractivity (Wildman–Crippen MR) is 67.9 cm³/mol. The summed E-state index contributed by atoms with van der Waals surface area (Å²) in [6.07, 6.45) is 1.54. The molecule has 2 aromatic heterocycles. The number of anilines is 1. The van der Waals surface area contributed by atoms with E-state index in [1.165, 1.54) is 6.20 Å². The van der Waals surface area contributed by atoms with Gasteiger partial charge in [0.2, 0.25) is 5.95 Å². The Labute approximate surface area is 111 Å². The normalized spacial score (nSPS) is 11.2. The second-order valence-electron chi connectivity index (χ2n) is 4.38. The third kappa shape index (κ3) is 1.78. The first-order valence-corrected chi connectivity index (χ1v) is 5.73. The molecule has 20 heavy (non-hydrogen) atoms. The maximum absolute atomic E-state index is 13.9. The zero-order valence-electron chi connectivity index (χ0n) is 10.4. The number of pyridine rings is 1. The van der Waals surface area contributed by atoms with E-state index in [1.807, 2.05) is 6.92 Å². The maximum atomic E-state index is 13.9. The number of halogens is 3. The molecule has 0 unspecified atom stereocenters. The van der Waals surface area contributed by atoms with Gasteiger partial charge in [-0.1, -0.05) is 0 Å².